The molecule has 1 aromatic carbocycles. The topological polar surface area (TPSA) is 56.6 Å². The number of piperidine rings is 1. The molecule has 0 unspecified atom stereocenters. The third-order valence-electron chi connectivity index (χ3n) is 5.66. The zero-order valence-corrected chi connectivity index (χ0v) is 16.1. The molecule has 0 N–H and O–H groups in total. The van der Waals surface area contributed by atoms with Crippen LogP contribution in [-0.4, -0.2) is 47.4 Å². The Morgan fingerprint density at radius 3 is 2.85 bits per heavy atom. The van der Waals surface area contributed by atoms with Crippen LogP contribution in [0, 0.1) is 18.8 Å². The monoisotopic (exact) mass is 369 g/mol. The van der Waals surface area contributed by atoms with Gasteiger partial charge in [0.25, 0.3) is 0 Å². The molecule has 0 aliphatic carbocycles. The first-order valence-electron chi connectivity index (χ1n) is 9.70. The Labute approximate surface area is 160 Å². The minimum absolute atomic E-state index is 0.0868. The summed E-state index contributed by atoms with van der Waals surface area (Å²) < 4.78 is 13.1. The molecule has 6 heteroatoms. The number of hydrogen-bond donors (Lipinski definition) is 0. The largest absolute Gasteiger partial charge is 0.497 e. The van der Waals surface area contributed by atoms with Crippen molar-refractivity contribution in [2.24, 2.45) is 11.8 Å². The first-order chi connectivity index (χ1) is 13.1. The highest BCUT2D eigenvalue weighted by Gasteiger charge is 2.32. The zero-order valence-electron chi connectivity index (χ0n) is 16.1. The summed E-state index contributed by atoms with van der Waals surface area (Å²) in [4.78, 5) is 15.0. The van der Waals surface area contributed by atoms with E-state index in [0.717, 1.165) is 56.0 Å². The number of carbonyl (C=O) groups is 1. The Bertz CT molecular complexity index is 809. The van der Waals surface area contributed by atoms with Gasteiger partial charge in [-0.25, -0.2) is 0 Å². The van der Waals surface area contributed by atoms with Crippen molar-refractivity contribution in [3.63, 3.8) is 0 Å². The van der Waals surface area contributed by atoms with Crippen molar-refractivity contribution in [1.82, 2.24) is 14.7 Å². The van der Waals surface area contributed by atoms with Crippen LogP contribution < -0.4 is 9.47 Å². The van der Waals surface area contributed by atoms with E-state index in [1.807, 2.05) is 34.0 Å². The normalized spacial score (nSPS) is 20.1. The molecule has 144 valence electrons. The van der Waals surface area contributed by atoms with E-state index in [2.05, 4.69) is 18.2 Å². The first-order valence-corrected chi connectivity index (χ1v) is 9.70. The lowest BCUT2D eigenvalue weighted by atomic mass is 9.92. The number of amides is 1. The second kappa shape index (κ2) is 7.62. The number of hydrogen-bond acceptors (Lipinski definition) is 4. The zero-order chi connectivity index (χ0) is 18.8. The fraction of sp³-hybridized carbons (Fsp3) is 0.524. The number of likely N-dealkylation sites (tertiary alicyclic amines) is 1. The second-order valence-electron chi connectivity index (χ2n) is 7.69. The molecule has 1 fully saturated rings. The number of rotatable bonds is 4. The predicted octanol–water partition coefficient (Wildman–Crippen LogP) is 2.69. The van der Waals surface area contributed by atoms with Crippen LogP contribution in [0.15, 0.2) is 30.6 Å². The summed E-state index contributed by atoms with van der Waals surface area (Å²) in [7, 11) is 1.65. The molecule has 2 aliphatic rings. The molecular weight excluding hydrogens is 342 g/mol. The molecule has 27 heavy (non-hydrogen) atoms. The van der Waals surface area contributed by atoms with E-state index in [9.17, 15) is 4.79 Å². The Kier molecular flexibility index (Phi) is 5.05. The molecule has 1 atom stereocenters. The molecule has 3 heterocycles. The maximum Gasteiger partial charge on any atom is 0.229 e. The average molecular weight is 369 g/mol. The summed E-state index contributed by atoms with van der Waals surface area (Å²) in [5.74, 6) is 2.35. The SMILES string of the molecule is COc1ccc2c(c1)OC[C@H](C(=O)N1CCC(Cn3cc(C)cn3)CC1)C2. The van der Waals surface area contributed by atoms with E-state index in [0.29, 0.717) is 12.5 Å². The summed E-state index contributed by atoms with van der Waals surface area (Å²) in [5, 5.41) is 4.38. The van der Waals surface area contributed by atoms with Gasteiger partial charge in [0.05, 0.1) is 19.2 Å². The fourth-order valence-electron chi connectivity index (χ4n) is 4.06. The molecular formula is C21H27N3O3. The van der Waals surface area contributed by atoms with Crippen molar-refractivity contribution in [2.45, 2.75) is 32.7 Å². The Balaban J connectivity index is 1.31. The first kappa shape index (κ1) is 17.9. The van der Waals surface area contributed by atoms with Crippen molar-refractivity contribution in [1.29, 1.82) is 0 Å². The summed E-state index contributed by atoms with van der Waals surface area (Å²) in [6, 6.07) is 5.84. The smallest absolute Gasteiger partial charge is 0.229 e. The van der Waals surface area contributed by atoms with E-state index in [1.54, 1.807) is 7.11 Å². The number of aryl methyl sites for hydroxylation is 1. The van der Waals surface area contributed by atoms with Crippen LogP contribution in [0.1, 0.15) is 24.0 Å². The number of carbonyl (C=O) groups excluding carboxylic acids is 1. The van der Waals surface area contributed by atoms with E-state index in [4.69, 9.17) is 9.47 Å². The lowest BCUT2D eigenvalue weighted by Crippen LogP contribution is -2.45. The maximum absolute atomic E-state index is 13.0. The molecule has 2 aromatic rings. The van der Waals surface area contributed by atoms with Gasteiger partial charge in [-0.2, -0.15) is 5.10 Å². The van der Waals surface area contributed by atoms with Crippen molar-refractivity contribution in [3.05, 3.63) is 41.7 Å². The lowest BCUT2D eigenvalue weighted by Gasteiger charge is -2.35. The van der Waals surface area contributed by atoms with Crippen LogP contribution in [0.3, 0.4) is 0 Å². The van der Waals surface area contributed by atoms with Gasteiger partial charge in [-0.05, 0) is 49.3 Å². The summed E-state index contributed by atoms with van der Waals surface area (Å²) in [6.07, 6.45) is 6.79. The number of benzene rings is 1. The highest BCUT2D eigenvalue weighted by molar-refractivity contribution is 5.80. The van der Waals surface area contributed by atoms with Gasteiger partial charge in [-0.3, -0.25) is 9.48 Å². The molecule has 0 saturated carbocycles. The van der Waals surface area contributed by atoms with Crippen LogP contribution in [0.4, 0.5) is 0 Å². The van der Waals surface area contributed by atoms with Gasteiger partial charge < -0.3 is 14.4 Å². The average Bonchev–Trinajstić information content (AvgIpc) is 3.11. The van der Waals surface area contributed by atoms with Gasteiger partial charge in [-0.15, -0.1) is 0 Å². The van der Waals surface area contributed by atoms with Crippen LogP contribution in [0.25, 0.3) is 0 Å². The minimum Gasteiger partial charge on any atom is -0.497 e. The minimum atomic E-state index is -0.0868. The number of fused-ring (bicyclic) bond motifs is 1. The van der Waals surface area contributed by atoms with E-state index in [1.165, 1.54) is 5.56 Å². The molecule has 4 rings (SSSR count). The van der Waals surface area contributed by atoms with Crippen LogP contribution in [-0.2, 0) is 17.8 Å². The van der Waals surface area contributed by atoms with Crippen molar-refractivity contribution < 1.29 is 14.3 Å². The molecule has 2 aliphatic heterocycles. The van der Waals surface area contributed by atoms with E-state index in [-0.39, 0.29) is 11.8 Å². The van der Waals surface area contributed by atoms with Crippen molar-refractivity contribution in [3.8, 4) is 11.5 Å². The van der Waals surface area contributed by atoms with Gasteiger partial charge in [0, 0.05) is 31.9 Å². The number of aromatic nitrogens is 2. The number of methoxy groups -OCH3 is 1. The third-order valence-corrected chi connectivity index (χ3v) is 5.66. The summed E-state index contributed by atoms with van der Waals surface area (Å²) in [6.45, 7) is 5.11. The Morgan fingerprint density at radius 1 is 1.33 bits per heavy atom. The lowest BCUT2D eigenvalue weighted by molar-refractivity contribution is -0.138. The summed E-state index contributed by atoms with van der Waals surface area (Å²) >= 11 is 0. The van der Waals surface area contributed by atoms with Crippen molar-refractivity contribution in [2.75, 3.05) is 26.8 Å². The molecule has 0 bridgehead atoms. The van der Waals surface area contributed by atoms with Crippen LogP contribution in [0.5, 0.6) is 11.5 Å². The Hall–Kier alpha value is -2.50. The van der Waals surface area contributed by atoms with Gasteiger partial charge in [0.1, 0.15) is 18.1 Å². The summed E-state index contributed by atoms with van der Waals surface area (Å²) in [5.41, 5.74) is 2.28. The quantitative estimate of drug-likeness (QED) is 0.831. The molecule has 0 spiro atoms. The number of nitrogens with zero attached hydrogens (tertiary/aromatic N) is 3. The maximum atomic E-state index is 13.0. The number of ether oxygens (including phenoxy) is 2. The standard InChI is InChI=1S/C21H27N3O3/c1-15-11-22-24(12-15)13-16-5-7-23(8-6-16)21(25)18-9-17-3-4-19(26-2)10-20(17)27-14-18/h3-4,10-12,16,18H,5-9,13-14H2,1-2H3/t18-/m1/s1. The molecule has 1 amide bonds. The van der Waals surface area contributed by atoms with Gasteiger partial charge >= 0.3 is 0 Å². The predicted molar refractivity (Wildman–Crippen MR) is 102 cm³/mol. The van der Waals surface area contributed by atoms with Gasteiger partial charge in [0.15, 0.2) is 0 Å². The Morgan fingerprint density at radius 2 is 2.15 bits per heavy atom. The highest BCUT2D eigenvalue weighted by Crippen LogP contribution is 2.32. The molecule has 1 saturated heterocycles. The molecule has 0 radical (unpaired) electrons. The third kappa shape index (κ3) is 3.94. The fourth-order valence-corrected chi connectivity index (χ4v) is 4.06. The van der Waals surface area contributed by atoms with Gasteiger partial charge in [0.2, 0.25) is 5.91 Å². The van der Waals surface area contributed by atoms with Crippen LogP contribution in [0.2, 0.25) is 0 Å². The molecule has 6 nitrogen and oxygen atoms in total. The van der Waals surface area contributed by atoms with E-state index < -0.39 is 0 Å². The highest BCUT2D eigenvalue weighted by atomic mass is 16.5. The van der Waals surface area contributed by atoms with E-state index >= 15 is 0 Å². The molecule has 1 aromatic heterocycles. The second-order valence-corrected chi connectivity index (χ2v) is 7.69. The van der Waals surface area contributed by atoms with Gasteiger partial charge in [-0.1, -0.05) is 6.07 Å². The van der Waals surface area contributed by atoms with Crippen molar-refractivity contribution >= 4 is 5.91 Å². The van der Waals surface area contributed by atoms with Crippen LogP contribution >= 0.6 is 0 Å².